The Hall–Kier alpha value is -0.360. The van der Waals surface area contributed by atoms with Gasteiger partial charge in [0.25, 0.3) is 0 Å². The average molecular weight is 383 g/mol. The molecule has 0 amide bonds. The SMILES string of the molecule is CN(CCOCCO)CCOCCOCCOCCOCCOCCO. The summed E-state index contributed by atoms with van der Waals surface area (Å²) in [6.45, 7) is 7.93. The highest BCUT2D eigenvalue weighted by molar-refractivity contribution is 4.49. The molecule has 0 fully saturated rings. The van der Waals surface area contributed by atoms with E-state index >= 15 is 0 Å². The van der Waals surface area contributed by atoms with Gasteiger partial charge in [-0.05, 0) is 7.05 Å². The predicted octanol–water partition coefficient (Wildman–Crippen LogP) is -0.998. The molecule has 0 saturated carbocycles. The van der Waals surface area contributed by atoms with E-state index < -0.39 is 0 Å². The summed E-state index contributed by atoms with van der Waals surface area (Å²) in [7, 11) is 2.01. The molecule has 26 heavy (non-hydrogen) atoms. The summed E-state index contributed by atoms with van der Waals surface area (Å²) in [5, 5.41) is 17.1. The van der Waals surface area contributed by atoms with Crippen LogP contribution in [-0.2, 0) is 28.4 Å². The first-order chi connectivity index (χ1) is 12.8. The highest BCUT2D eigenvalue weighted by Gasteiger charge is 1.98. The van der Waals surface area contributed by atoms with Crippen LogP contribution >= 0.6 is 0 Å². The fraction of sp³-hybridized carbons (Fsp3) is 1.00. The second kappa shape index (κ2) is 22.7. The van der Waals surface area contributed by atoms with Crippen LogP contribution in [0.15, 0.2) is 0 Å². The van der Waals surface area contributed by atoms with Crippen molar-refractivity contribution in [3.05, 3.63) is 0 Å². The summed E-state index contributed by atoms with van der Waals surface area (Å²) in [5.41, 5.74) is 0. The maximum atomic E-state index is 8.60. The Morgan fingerprint density at radius 2 is 0.731 bits per heavy atom. The number of ether oxygens (including phenoxy) is 6. The highest BCUT2D eigenvalue weighted by atomic mass is 16.6. The van der Waals surface area contributed by atoms with Crippen molar-refractivity contribution in [2.75, 3.05) is 113 Å². The van der Waals surface area contributed by atoms with E-state index in [-0.39, 0.29) is 13.2 Å². The van der Waals surface area contributed by atoms with Gasteiger partial charge in [0.15, 0.2) is 0 Å². The first-order valence-electron chi connectivity index (χ1n) is 9.18. The van der Waals surface area contributed by atoms with Crippen LogP contribution in [0.5, 0.6) is 0 Å². The molecule has 0 spiro atoms. The number of aliphatic hydroxyl groups is 2. The molecule has 0 atom stereocenters. The van der Waals surface area contributed by atoms with Crippen molar-refractivity contribution in [3.8, 4) is 0 Å². The van der Waals surface area contributed by atoms with Crippen LogP contribution in [0.4, 0.5) is 0 Å². The third-order valence-electron chi connectivity index (χ3n) is 3.19. The average Bonchev–Trinajstić information content (AvgIpc) is 2.65. The lowest BCUT2D eigenvalue weighted by Crippen LogP contribution is -2.27. The van der Waals surface area contributed by atoms with Crippen LogP contribution < -0.4 is 0 Å². The van der Waals surface area contributed by atoms with Gasteiger partial charge in [-0.25, -0.2) is 0 Å². The third-order valence-corrected chi connectivity index (χ3v) is 3.19. The molecule has 0 radical (unpaired) electrons. The van der Waals surface area contributed by atoms with E-state index in [4.69, 9.17) is 38.6 Å². The molecule has 0 aliphatic heterocycles. The lowest BCUT2D eigenvalue weighted by Gasteiger charge is -2.16. The van der Waals surface area contributed by atoms with E-state index in [9.17, 15) is 0 Å². The maximum absolute atomic E-state index is 8.60. The van der Waals surface area contributed by atoms with Crippen molar-refractivity contribution in [2.45, 2.75) is 0 Å². The first kappa shape index (κ1) is 25.6. The smallest absolute Gasteiger partial charge is 0.0701 e. The topological polar surface area (TPSA) is 99.1 Å². The summed E-state index contributed by atoms with van der Waals surface area (Å²) in [4.78, 5) is 2.12. The van der Waals surface area contributed by atoms with Gasteiger partial charge in [-0.2, -0.15) is 0 Å². The zero-order chi connectivity index (χ0) is 19.1. The highest BCUT2D eigenvalue weighted by Crippen LogP contribution is 1.87. The van der Waals surface area contributed by atoms with Gasteiger partial charge in [-0.3, -0.25) is 0 Å². The standard InChI is InChI=1S/C17H37NO8/c1-18(2-6-21-8-4-19)3-7-22-10-12-24-14-16-26-17-15-25-13-11-23-9-5-20/h19-20H,2-17H2,1H3. The maximum Gasteiger partial charge on any atom is 0.0701 e. The van der Waals surface area contributed by atoms with Crippen LogP contribution in [0.1, 0.15) is 0 Å². The summed E-state index contributed by atoms with van der Waals surface area (Å²) in [5.74, 6) is 0. The molecule has 0 aromatic heterocycles. The van der Waals surface area contributed by atoms with Crippen molar-refractivity contribution in [2.24, 2.45) is 0 Å². The van der Waals surface area contributed by atoms with Crippen molar-refractivity contribution < 1.29 is 38.6 Å². The number of nitrogens with zero attached hydrogens (tertiary/aromatic N) is 1. The van der Waals surface area contributed by atoms with Gasteiger partial charge < -0.3 is 43.5 Å². The molecule has 0 saturated heterocycles. The van der Waals surface area contributed by atoms with Gasteiger partial charge in [-0.1, -0.05) is 0 Å². The number of aliphatic hydroxyl groups excluding tert-OH is 2. The van der Waals surface area contributed by atoms with Crippen LogP contribution in [-0.4, -0.2) is 128 Å². The minimum Gasteiger partial charge on any atom is -0.394 e. The largest absolute Gasteiger partial charge is 0.394 e. The Balaban J connectivity index is 3.06. The molecule has 0 bridgehead atoms. The number of hydrogen-bond donors (Lipinski definition) is 2. The molecular weight excluding hydrogens is 346 g/mol. The minimum absolute atomic E-state index is 0.0345. The van der Waals surface area contributed by atoms with E-state index in [1.807, 2.05) is 7.05 Å². The molecule has 0 unspecified atom stereocenters. The molecule has 0 heterocycles. The monoisotopic (exact) mass is 383 g/mol. The quantitative estimate of drug-likeness (QED) is 0.228. The second-order valence-corrected chi connectivity index (χ2v) is 5.42. The van der Waals surface area contributed by atoms with Gasteiger partial charge in [0.2, 0.25) is 0 Å². The van der Waals surface area contributed by atoms with E-state index in [1.54, 1.807) is 0 Å². The number of rotatable bonds is 22. The predicted molar refractivity (Wildman–Crippen MR) is 96.6 cm³/mol. The summed E-state index contributed by atoms with van der Waals surface area (Å²) in [6, 6.07) is 0. The Bertz CT molecular complexity index is 261. The van der Waals surface area contributed by atoms with Crippen LogP contribution in [0, 0.1) is 0 Å². The molecule has 0 aromatic carbocycles. The molecule has 9 heteroatoms. The fourth-order valence-corrected chi connectivity index (χ4v) is 1.77. The van der Waals surface area contributed by atoms with Gasteiger partial charge in [0.1, 0.15) is 0 Å². The third kappa shape index (κ3) is 21.7. The molecule has 2 N–H and O–H groups in total. The van der Waals surface area contributed by atoms with E-state index in [1.165, 1.54) is 0 Å². The molecule has 0 aliphatic carbocycles. The number of hydrogen-bond acceptors (Lipinski definition) is 9. The number of likely N-dealkylation sites (N-methyl/N-ethyl adjacent to an activating group) is 1. The first-order valence-corrected chi connectivity index (χ1v) is 9.18. The minimum atomic E-state index is 0.0345. The summed E-state index contributed by atoms with van der Waals surface area (Å²) >= 11 is 0. The van der Waals surface area contributed by atoms with Crippen LogP contribution in [0.25, 0.3) is 0 Å². The zero-order valence-electron chi connectivity index (χ0n) is 16.1. The van der Waals surface area contributed by atoms with E-state index in [2.05, 4.69) is 4.90 Å². The molecule has 0 rings (SSSR count). The second-order valence-electron chi connectivity index (χ2n) is 5.42. The Morgan fingerprint density at radius 1 is 0.462 bits per heavy atom. The van der Waals surface area contributed by atoms with Crippen LogP contribution in [0.3, 0.4) is 0 Å². The molecule has 9 nitrogen and oxygen atoms in total. The molecular formula is C17H37NO8. The van der Waals surface area contributed by atoms with Crippen LogP contribution in [0.2, 0.25) is 0 Å². The van der Waals surface area contributed by atoms with Crippen molar-refractivity contribution in [1.82, 2.24) is 4.90 Å². The van der Waals surface area contributed by atoms with E-state index in [0.717, 1.165) is 13.1 Å². The fourth-order valence-electron chi connectivity index (χ4n) is 1.77. The Labute approximate surface area is 157 Å². The van der Waals surface area contributed by atoms with Gasteiger partial charge in [0, 0.05) is 13.1 Å². The van der Waals surface area contributed by atoms with Crippen molar-refractivity contribution in [3.63, 3.8) is 0 Å². The van der Waals surface area contributed by atoms with Crippen molar-refractivity contribution in [1.29, 1.82) is 0 Å². The Kier molecular flexibility index (Phi) is 22.4. The summed E-state index contributed by atoms with van der Waals surface area (Å²) in [6.07, 6.45) is 0. The summed E-state index contributed by atoms with van der Waals surface area (Å²) < 4.78 is 31.8. The molecule has 158 valence electrons. The molecule has 0 aliphatic rings. The Morgan fingerprint density at radius 3 is 1.08 bits per heavy atom. The van der Waals surface area contributed by atoms with Crippen molar-refractivity contribution >= 4 is 0 Å². The molecule has 0 aromatic rings. The van der Waals surface area contributed by atoms with Gasteiger partial charge in [0.05, 0.1) is 92.5 Å². The zero-order valence-corrected chi connectivity index (χ0v) is 16.1. The lowest BCUT2D eigenvalue weighted by atomic mass is 10.5. The van der Waals surface area contributed by atoms with Gasteiger partial charge in [-0.15, -0.1) is 0 Å². The van der Waals surface area contributed by atoms with E-state index in [0.29, 0.717) is 79.3 Å². The van der Waals surface area contributed by atoms with Gasteiger partial charge >= 0.3 is 0 Å². The normalized spacial score (nSPS) is 11.5. The lowest BCUT2D eigenvalue weighted by molar-refractivity contribution is -0.0143.